The molecule has 0 saturated carbocycles. The van der Waals surface area contributed by atoms with Gasteiger partial charge in [0.2, 0.25) is 0 Å². The molecule has 4 aromatic rings. The normalized spacial score (nSPS) is 18.0. The molecule has 6 rings (SSSR count). The largest absolute Gasteiger partial charge is 0.461 e. The van der Waals surface area contributed by atoms with Gasteiger partial charge in [-0.2, -0.15) is 10.2 Å². The summed E-state index contributed by atoms with van der Waals surface area (Å²) < 4.78 is 48.0. The molecule has 0 bridgehead atoms. The quantitative estimate of drug-likeness (QED) is 0.441. The molecule has 184 valence electrons. The van der Waals surface area contributed by atoms with Gasteiger partial charge in [0.1, 0.15) is 29.3 Å². The fraction of sp³-hybridized carbons (Fsp3) is 0.333. The van der Waals surface area contributed by atoms with Crippen molar-refractivity contribution in [3.05, 3.63) is 40.7 Å². The highest BCUT2D eigenvalue weighted by molar-refractivity contribution is 7.23. The van der Waals surface area contributed by atoms with Gasteiger partial charge in [-0.25, -0.2) is 13.8 Å². The lowest BCUT2D eigenvalue weighted by atomic mass is 9.94. The molecule has 0 spiro atoms. The van der Waals surface area contributed by atoms with E-state index in [-0.39, 0.29) is 69.4 Å². The average molecular weight is 511 g/mol. The summed E-state index contributed by atoms with van der Waals surface area (Å²) in [6.07, 6.45) is 2.38. The number of aromatic nitrogens is 3. The van der Waals surface area contributed by atoms with Crippen LogP contribution >= 0.6 is 11.3 Å². The van der Waals surface area contributed by atoms with E-state index in [1.165, 1.54) is 6.20 Å². The third-order valence-electron chi connectivity index (χ3n) is 6.46. The minimum atomic E-state index is -0.677. The zero-order valence-corrected chi connectivity index (χ0v) is 20.0. The molecule has 1 atom stereocenters. The molecule has 12 heteroatoms. The molecule has 1 aromatic carbocycles. The van der Waals surface area contributed by atoms with Crippen molar-refractivity contribution in [3.8, 4) is 23.3 Å². The number of hydrogen-bond acceptors (Lipinski definition) is 10. The van der Waals surface area contributed by atoms with Crippen molar-refractivity contribution in [1.29, 1.82) is 5.26 Å². The molecule has 36 heavy (non-hydrogen) atoms. The van der Waals surface area contributed by atoms with E-state index in [2.05, 4.69) is 19.9 Å². The number of fused-ring (bicyclic) bond motifs is 4. The number of anilines is 1. The fourth-order valence-corrected chi connectivity index (χ4v) is 5.66. The van der Waals surface area contributed by atoms with Crippen LogP contribution < -0.4 is 10.5 Å². The van der Waals surface area contributed by atoms with Crippen LogP contribution in [0.5, 0.6) is 6.01 Å². The predicted molar refractivity (Wildman–Crippen MR) is 128 cm³/mol. The van der Waals surface area contributed by atoms with E-state index in [0.717, 1.165) is 24.1 Å². The van der Waals surface area contributed by atoms with Crippen LogP contribution in [0.2, 0.25) is 0 Å². The zero-order valence-electron chi connectivity index (χ0n) is 19.2. The predicted octanol–water partition coefficient (Wildman–Crippen LogP) is 3.38. The van der Waals surface area contributed by atoms with Gasteiger partial charge in [-0.3, -0.25) is 4.98 Å². The fourth-order valence-electron chi connectivity index (χ4n) is 4.74. The molecule has 0 aliphatic carbocycles. The third kappa shape index (κ3) is 3.63. The summed E-state index contributed by atoms with van der Waals surface area (Å²) in [4.78, 5) is 15.0. The SMILES string of the molecule is CN1CCO[C@@H](COc2ncc3c4c(c(-c5ncc(F)c6sc(N)c(C#N)c56)c(F)c3n2)COC4)C1. The van der Waals surface area contributed by atoms with Crippen LogP contribution in [0.15, 0.2) is 12.4 Å². The van der Waals surface area contributed by atoms with Crippen LogP contribution in [0, 0.1) is 23.0 Å². The first-order chi connectivity index (χ1) is 17.5. The number of benzene rings is 1. The minimum Gasteiger partial charge on any atom is -0.461 e. The molecule has 5 heterocycles. The van der Waals surface area contributed by atoms with Crippen LogP contribution in [0.3, 0.4) is 0 Å². The second-order valence-electron chi connectivity index (χ2n) is 8.73. The Morgan fingerprint density at radius 3 is 2.92 bits per heavy atom. The summed E-state index contributed by atoms with van der Waals surface area (Å²) in [7, 11) is 2.00. The number of pyridine rings is 1. The number of hydrogen-bond donors (Lipinski definition) is 1. The zero-order chi connectivity index (χ0) is 25.0. The Labute approximate surface area is 208 Å². The number of halogens is 2. The van der Waals surface area contributed by atoms with Crippen LogP contribution in [0.4, 0.5) is 13.8 Å². The summed E-state index contributed by atoms with van der Waals surface area (Å²) >= 11 is 0.930. The van der Waals surface area contributed by atoms with E-state index in [0.29, 0.717) is 29.7 Å². The van der Waals surface area contributed by atoms with Crippen molar-refractivity contribution in [2.45, 2.75) is 19.3 Å². The molecule has 0 radical (unpaired) electrons. The van der Waals surface area contributed by atoms with Gasteiger partial charge in [-0.1, -0.05) is 0 Å². The first-order valence-corrected chi connectivity index (χ1v) is 12.1. The Kier molecular flexibility index (Phi) is 5.65. The lowest BCUT2D eigenvalue weighted by Gasteiger charge is -2.29. The maximum atomic E-state index is 16.2. The van der Waals surface area contributed by atoms with Crippen molar-refractivity contribution < 1.29 is 23.0 Å². The number of likely N-dealkylation sites (N-methyl/N-ethyl adjacent to an activating group) is 1. The van der Waals surface area contributed by atoms with Gasteiger partial charge >= 0.3 is 6.01 Å². The Morgan fingerprint density at radius 2 is 2.11 bits per heavy atom. The topological polar surface area (TPSA) is 119 Å². The summed E-state index contributed by atoms with van der Waals surface area (Å²) in [6.45, 7) is 2.73. The monoisotopic (exact) mass is 510 g/mol. The number of nitrogen functional groups attached to an aromatic ring is 1. The van der Waals surface area contributed by atoms with E-state index >= 15 is 4.39 Å². The molecule has 3 aromatic heterocycles. The van der Waals surface area contributed by atoms with Crippen molar-refractivity contribution in [3.63, 3.8) is 0 Å². The van der Waals surface area contributed by atoms with E-state index in [4.69, 9.17) is 19.9 Å². The molecule has 1 fully saturated rings. The number of ether oxygens (including phenoxy) is 3. The van der Waals surface area contributed by atoms with Crippen molar-refractivity contribution in [1.82, 2.24) is 19.9 Å². The number of nitriles is 1. The number of nitrogens with zero attached hydrogens (tertiary/aromatic N) is 5. The second-order valence-corrected chi connectivity index (χ2v) is 9.78. The molecule has 1 saturated heterocycles. The lowest BCUT2D eigenvalue weighted by molar-refractivity contribution is -0.0416. The Morgan fingerprint density at radius 1 is 1.28 bits per heavy atom. The number of morpholine rings is 1. The van der Waals surface area contributed by atoms with Crippen molar-refractivity contribution in [2.75, 3.05) is 39.1 Å². The Hall–Kier alpha value is -3.50. The minimum absolute atomic E-state index is 0.0118. The highest BCUT2D eigenvalue weighted by Gasteiger charge is 2.30. The third-order valence-corrected chi connectivity index (χ3v) is 7.49. The first-order valence-electron chi connectivity index (χ1n) is 11.2. The second kappa shape index (κ2) is 8.86. The van der Waals surface area contributed by atoms with Gasteiger partial charge in [0.15, 0.2) is 11.6 Å². The molecule has 0 amide bonds. The lowest BCUT2D eigenvalue weighted by Crippen LogP contribution is -2.42. The molecular weight excluding hydrogens is 490 g/mol. The highest BCUT2D eigenvalue weighted by atomic mass is 32.1. The van der Waals surface area contributed by atoms with Crippen LogP contribution in [0.25, 0.3) is 32.2 Å². The van der Waals surface area contributed by atoms with Gasteiger partial charge < -0.3 is 24.8 Å². The maximum absolute atomic E-state index is 16.2. The molecular formula is C24H20F2N6O3S. The van der Waals surface area contributed by atoms with Gasteiger partial charge in [0.05, 0.1) is 42.0 Å². The summed E-state index contributed by atoms with van der Waals surface area (Å²) in [5.74, 6) is -1.31. The van der Waals surface area contributed by atoms with E-state index in [1.807, 2.05) is 13.1 Å². The van der Waals surface area contributed by atoms with Gasteiger partial charge in [0.25, 0.3) is 0 Å². The summed E-state index contributed by atoms with van der Waals surface area (Å²) in [5, 5.41) is 10.5. The Bertz CT molecular complexity index is 1570. The molecule has 9 nitrogen and oxygen atoms in total. The molecule has 0 unspecified atom stereocenters. The number of rotatable bonds is 4. The maximum Gasteiger partial charge on any atom is 0.317 e. The summed E-state index contributed by atoms with van der Waals surface area (Å²) in [6, 6.07) is 2.02. The number of nitrogens with two attached hydrogens (primary N) is 1. The van der Waals surface area contributed by atoms with Crippen molar-refractivity contribution >= 4 is 37.3 Å². The Balaban J connectivity index is 1.50. The van der Waals surface area contributed by atoms with E-state index in [9.17, 15) is 9.65 Å². The van der Waals surface area contributed by atoms with Crippen LogP contribution in [-0.2, 0) is 22.7 Å². The molecule has 2 aliphatic rings. The van der Waals surface area contributed by atoms with E-state index < -0.39 is 11.6 Å². The van der Waals surface area contributed by atoms with E-state index in [1.54, 1.807) is 0 Å². The average Bonchev–Trinajstić information content (AvgIpc) is 3.49. The van der Waals surface area contributed by atoms with Gasteiger partial charge in [0, 0.05) is 35.6 Å². The van der Waals surface area contributed by atoms with Crippen molar-refractivity contribution in [2.24, 2.45) is 0 Å². The number of thiophene rings is 1. The van der Waals surface area contributed by atoms with Gasteiger partial charge in [-0.15, -0.1) is 11.3 Å². The highest BCUT2D eigenvalue weighted by Crippen LogP contribution is 2.44. The first kappa shape index (κ1) is 22.9. The smallest absolute Gasteiger partial charge is 0.317 e. The van der Waals surface area contributed by atoms with Crippen LogP contribution in [0.1, 0.15) is 16.7 Å². The van der Waals surface area contributed by atoms with Gasteiger partial charge in [-0.05, 0) is 18.2 Å². The summed E-state index contributed by atoms with van der Waals surface area (Å²) in [5.41, 5.74) is 7.57. The molecule has 2 aliphatic heterocycles. The van der Waals surface area contributed by atoms with Crippen LogP contribution in [-0.4, -0.2) is 59.3 Å². The molecule has 2 N–H and O–H groups in total. The standard InChI is InChI=1S/C24H20F2N6O3S/c1-32-2-3-34-11(7-32)8-35-24-30-5-13-14-9-33-10-15(14)17(19(26)20(13)31-24)21-18-12(4-27)23(28)36-22(18)16(25)6-29-21/h5-6,11H,2-3,7-10,28H2,1H3/t11-/m1/s1.